The van der Waals surface area contributed by atoms with Crippen LogP contribution in [0.1, 0.15) is 33.3 Å². The molecule has 0 saturated heterocycles. The van der Waals surface area contributed by atoms with Gasteiger partial charge in [-0.15, -0.1) is 0 Å². The highest BCUT2D eigenvalue weighted by molar-refractivity contribution is 5.74. The van der Waals surface area contributed by atoms with Crippen LogP contribution < -0.4 is 14.8 Å². The fourth-order valence-corrected chi connectivity index (χ4v) is 2.32. The average molecular weight is 294 g/mol. The van der Waals surface area contributed by atoms with Crippen LogP contribution in [0, 0.1) is 0 Å². The van der Waals surface area contributed by atoms with Crippen LogP contribution >= 0.6 is 0 Å². The first-order valence-electron chi connectivity index (χ1n) is 7.17. The molecule has 0 fully saturated rings. The number of hydrogen-bond acceptors (Lipinski definition) is 3. The maximum absolute atomic E-state index is 12.2. The van der Waals surface area contributed by atoms with E-state index in [0.29, 0.717) is 18.0 Å². The molecule has 21 heavy (non-hydrogen) atoms. The van der Waals surface area contributed by atoms with Gasteiger partial charge in [0.1, 0.15) is 0 Å². The number of carbonyl (C=O) groups excluding carboxylic acids is 1. The van der Waals surface area contributed by atoms with Gasteiger partial charge in [-0.05, 0) is 45.4 Å². The molecule has 0 aliphatic rings. The van der Waals surface area contributed by atoms with E-state index < -0.39 is 0 Å². The van der Waals surface area contributed by atoms with Gasteiger partial charge in [-0.25, -0.2) is 4.79 Å². The molecule has 1 aromatic rings. The summed E-state index contributed by atoms with van der Waals surface area (Å²) < 4.78 is 10.5. The van der Waals surface area contributed by atoms with Gasteiger partial charge in [0.25, 0.3) is 0 Å². The van der Waals surface area contributed by atoms with Crippen molar-refractivity contribution in [3.63, 3.8) is 0 Å². The average Bonchev–Trinajstić information content (AvgIpc) is 2.43. The first-order chi connectivity index (χ1) is 9.90. The fourth-order valence-electron chi connectivity index (χ4n) is 2.32. The van der Waals surface area contributed by atoms with E-state index in [2.05, 4.69) is 5.32 Å². The molecule has 0 saturated carbocycles. The van der Waals surface area contributed by atoms with Crippen molar-refractivity contribution < 1.29 is 14.3 Å². The van der Waals surface area contributed by atoms with E-state index >= 15 is 0 Å². The van der Waals surface area contributed by atoms with Crippen molar-refractivity contribution in [1.82, 2.24) is 10.2 Å². The lowest BCUT2D eigenvalue weighted by atomic mass is 10.2. The highest BCUT2D eigenvalue weighted by Gasteiger charge is 2.19. The van der Waals surface area contributed by atoms with Crippen molar-refractivity contribution in [1.29, 1.82) is 0 Å². The Kier molecular flexibility index (Phi) is 6.34. The Hall–Kier alpha value is -1.91. The van der Waals surface area contributed by atoms with Crippen LogP contribution in [0.15, 0.2) is 18.2 Å². The third-order valence-electron chi connectivity index (χ3n) is 3.24. The molecular formula is C16H26N2O3. The molecular weight excluding hydrogens is 268 g/mol. The summed E-state index contributed by atoms with van der Waals surface area (Å²) >= 11 is 0. The normalized spacial score (nSPS) is 10.7. The van der Waals surface area contributed by atoms with Crippen molar-refractivity contribution >= 4 is 6.03 Å². The Bertz CT molecular complexity index is 465. The van der Waals surface area contributed by atoms with Crippen LogP contribution in [0.2, 0.25) is 0 Å². The maximum atomic E-state index is 12.2. The Morgan fingerprint density at radius 2 is 1.67 bits per heavy atom. The van der Waals surface area contributed by atoms with Crippen molar-refractivity contribution in [3.8, 4) is 11.5 Å². The third-order valence-corrected chi connectivity index (χ3v) is 3.24. The van der Waals surface area contributed by atoms with Crippen molar-refractivity contribution in [2.24, 2.45) is 0 Å². The summed E-state index contributed by atoms with van der Waals surface area (Å²) in [4.78, 5) is 14.1. The summed E-state index contributed by atoms with van der Waals surface area (Å²) in [6, 6.07) is 5.88. The summed E-state index contributed by atoms with van der Waals surface area (Å²) in [7, 11) is 3.20. The molecule has 5 nitrogen and oxygen atoms in total. The van der Waals surface area contributed by atoms with Crippen molar-refractivity contribution in [2.75, 3.05) is 14.2 Å². The molecule has 0 aliphatic carbocycles. The number of amides is 2. The van der Waals surface area contributed by atoms with Gasteiger partial charge in [-0.1, -0.05) is 6.07 Å². The van der Waals surface area contributed by atoms with Crippen LogP contribution in [-0.2, 0) is 6.54 Å². The Balaban J connectivity index is 2.72. The molecule has 1 N–H and O–H groups in total. The Morgan fingerprint density at radius 1 is 1.10 bits per heavy atom. The standard InChI is InChI=1S/C16H26N2O3/c1-11(2)18(12(3)4)16(19)17-10-13-7-8-14(20-5)15(9-13)21-6/h7-9,11-12H,10H2,1-6H3,(H,17,19). The van der Waals surface area contributed by atoms with E-state index in [0.717, 1.165) is 5.56 Å². The minimum atomic E-state index is -0.0604. The lowest BCUT2D eigenvalue weighted by Crippen LogP contribution is -2.47. The molecule has 0 aliphatic heterocycles. The topological polar surface area (TPSA) is 50.8 Å². The zero-order valence-corrected chi connectivity index (χ0v) is 13.8. The van der Waals surface area contributed by atoms with Gasteiger partial charge in [0.05, 0.1) is 14.2 Å². The molecule has 0 spiro atoms. The highest BCUT2D eigenvalue weighted by atomic mass is 16.5. The van der Waals surface area contributed by atoms with Crippen molar-refractivity contribution in [2.45, 2.75) is 46.3 Å². The molecule has 118 valence electrons. The number of nitrogens with one attached hydrogen (secondary N) is 1. The minimum absolute atomic E-state index is 0.0604. The first-order valence-corrected chi connectivity index (χ1v) is 7.17. The number of nitrogens with zero attached hydrogens (tertiary/aromatic N) is 1. The largest absolute Gasteiger partial charge is 0.493 e. The quantitative estimate of drug-likeness (QED) is 0.877. The van der Waals surface area contributed by atoms with Crippen LogP contribution in [-0.4, -0.2) is 37.2 Å². The molecule has 5 heteroatoms. The molecule has 1 rings (SSSR count). The van der Waals surface area contributed by atoms with Crippen LogP contribution in [0.25, 0.3) is 0 Å². The number of hydrogen-bond donors (Lipinski definition) is 1. The summed E-state index contributed by atoms with van der Waals surface area (Å²) in [6.07, 6.45) is 0. The second-order valence-electron chi connectivity index (χ2n) is 5.44. The zero-order chi connectivity index (χ0) is 16.0. The van der Waals surface area contributed by atoms with Crippen LogP contribution in [0.4, 0.5) is 4.79 Å². The van der Waals surface area contributed by atoms with Gasteiger partial charge < -0.3 is 19.7 Å². The second kappa shape index (κ2) is 7.76. The van der Waals surface area contributed by atoms with E-state index in [1.54, 1.807) is 14.2 Å². The molecule has 0 atom stereocenters. The second-order valence-corrected chi connectivity index (χ2v) is 5.44. The van der Waals surface area contributed by atoms with E-state index in [4.69, 9.17) is 9.47 Å². The first kappa shape index (κ1) is 17.1. The summed E-state index contributed by atoms with van der Waals surface area (Å²) in [6.45, 7) is 8.49. The molecule has 1 aromatic carbocycles. The van der Waals surface area contributed by atoms with Gasteiger partial charge in [-0.2, -0.15) is 0 Å². The zero-order valence-electron chi connectivity index (χ0n) is 13.8. The highest BCUT2D eigenvalue weighted by Crippen LogP contribution is 2.27. The number of rotatable bonds is 6. The van der Waals surface area contributed by atoms with Gasteiger partial charge >= 0.3 is 6.03 Å². The van der Waals surface area contributed by atoms with Gasteiger partial charge in [0.15, 0.2) is 11.5 Å². The van der Waals surface area contributed by atoms with E-state index in [1.165, 1.54) is 0 Å². The van der Waals surface area contributed by atoms with Gasteiger partial charge in [0, 0.05) is 18.6 Å². The minimum Gasteiger partial charge on any atom is -0.493 e. The lowest BCUT2D eigenvalue weighted by Gasteiger charge is -2.30. The smallest absolute Gasteiger partial charge is 0.318 e. The SMILES string of the molecule is COc1ccc(CNC(=O)N(C(C)C)C(C)C)cc1OC. The summed E-state index contributed by atoms with van der Waals surface area (Å²) in [5.74, 6) is 1.34. The monoisotopic (exact) mass is 294 g/mol. The molecule has 0 unspecified atom stereocenters. The third kappa shape index (κ3) is 4.55. The van der Waals surface area contributed by atoms with E-state index in [1.807, 2.05) is 50.8 Å². The number of methoxy groups -OCH3 is 2. The van der Waals surface area contributed by atoms with Crippen LogP contribution in [0.3, 0.4) is 0 Å². The molecule has 0 radical (unpaired) electrons. The van der Waals surface area contributed by atoms with Gasteiger partial charge in [-0.3, -0.25) is 0 Å². The van der Waals surface area contributed by atoms with E-state index in [-0.39, 0.29) is 18.1 Å². The molecule has 2 amide bonds. The predicted molar refractivity (Wildman–Crippen MR) is 83.9 cm³/mol. The van der Waals surface area contributed by atoms with Gasteiger partial charge in [0.2, 0.25) is 0 Å². The summed E-state index contributed by atoms with van der Waals surface area (Å²) in [5, 5.41) is 2.94. The summed E-state index contributed by atoms with van der Waals surface area (Å²) in [5.41, 5.74) is 0.966. The maximum Gasteiger partial charge on any atom is 0.318 e. The number of ether oxygens (including phenoxy) is 2. The number of urea groups is 1. The van der Waals surface area contributed by atoms with E-state index in [9.17, 15) is 4.79 Å². The predicted octanol–water partition coefficient (Wildman–Crippen LogP) is 3.03. The lowest BCUT2D eigenvalue weighted by molar-refractivity contribution is 0.164. The molecule has 0 heterocycles. The Labute approximate surface area is 127 Å². The fraction of sp³-hybridized carbons (Fsp3) is 0.562. The van der Waals surface area contributed by atoms with Crippen molar-refractivity contribution in [3.05, 3.63) is 23.8 Å². The number of carbonyl (C=O) groups is 1. The molecule has 0 aromatic heterocycles. The number of benzene rings is 1. The van der Waals surface area contributed by atoms with Crippen LogP contribution in [0.5, 0.6) is 11.5 Å². The Morgan fingerprint density at radius 3 is 2.14 bits per heavy atom. The molecule has 0 bridgehead atoms.